The molecule has 0 bridgehead atoms. The molecule has 2 rings (SSSR count). The molecule has 4 nitrogen and oxygen atoms in total. The number of likely N-dealkylation sites (tertiary alicyclic amines) is 1. The smallest absolute Gasteiger partial charge is 0.326 e. The summed E-state index contributed by atoms with van der Waals surface area (Å²) in [6.45, 7) is 5.40. The lowest BCUT2D eigenvalue weighted by atomic mass is 9.88. The molecule has 0 radical (unpaired) electrons. The Labute approximate surface area is 104 Å². The lowest BCUT2D eigenvalue weighted by Gasteiger charge is -2.33. The molecule has 0 aliphatic carbocycles. The van der Waals surface area contributed by atoms with Crippen LogP contribution in [0.4, 0.5) is 0 Å². The number of hydrogen-bond acceptors (Lipinski definition) is 4. The van der Waals surface area contributed by atoms with Crippen LogP contribution < -0.4 is 5.32 Å². The van der Waals surface area contributed by atoms with Crippen molar-refractivity contribution in [3.63, 3.8) is 0 Å². The van der Waals surface area contributed by atoms with Gasteiger partial charge in [0.1, 0.15) is 5.54 Å². The van der Waals surface area contributed by atoms with Crippen molar-refractivity contribution in [1.29, 1.82) is 0 Å². The Morgan fingerprint density at radius 2 is 2.35 bits per heavy atom. The number of nitrogens with zero attached hydrogens (tertiary/aromatic N) is 1. The van der Waals surface area contributed by atoms with Gasteiger partial charge in [-0.2, -0.15) is 0 Å². The van der Waals surface area contributed by atoms with E-state index in [0.29, 0.717) is 6.04 Å². The van der Waals surface area contributed by atoms with E-state index in [0.717, 1.165) is 32.4 Å². The normalized spacial score (nSPS) is 34.1. The van der Waals surface area contributed by atoms with Crippen LogP contribution >= 0.6 is 0 Å². The van der Waals surface area contributed by atoms with Gasteiger partial charge >= 0.3 is 5.97 Å². The number of methoxy groups -OCH3 is 1. The maximum absolute atomic E-state index is 12.0. The summed E-state index contributed by atoms with van der Waals surface area (Å²) in [5.74, 6) is -0.0713. The van der Waals surface area contributed by atoms with Gasteiger partial charge in [0.25, 0.3) is 0 Å². The van der Waals surface area contributed by atoms with E-state index in [-0.39, 0.29) is 5.97 Å². The van der Waals surface area contributed by atoms with Crippen LogP contribution in [0.1, 0.15) is 39.0 Å². The van der Waals surface area contributed by atoms with Gasteiger partial charge in [-0.3, -0.25) is 4.79 Å². The standard InChI is InChI=1S/C13H24N2O2/c1-3-15-9-4-6-11(15)10-13(12(16)17-2)7-5-8-14-13/h11,14H,3-10H2,1-2H3. The lowest BCUT2D eigenvalue weighted by molar-refractivity contribution is -0.148. The highest BCUT2D eigenvalue weighted by Gasteiger charge is 2.45. The lowest BCUT2D eigenvalue weighted by Crippen LogP contribution is -2.52. The number of hydrogen-bond donors (Lipinski definition) is 1. The van der Waals surface area contributed by atoms with Crippen LogP contribution in [0.15, 0.2) is 0 Å². The van der Waals surface area contributed by atoms with Gasteiger partial charge in [0, 0.05) is 6.04 Å². The van der Waals surface area contributed by atoms with Gasteiger partial charge in [0.05, 0.1) is 7.11 Å². The van der Waals surface area contributed by atoms with Crippen LogP contribution in [0, 0.1) is 0 Å². The monoisotopic (exact) mass is 240 g/mol. The van der Waals surface area contributed by atoms with Crippen molar-refractivity contribution in [3.8, 4) is 0 Å². The molecule has 4 heteroatoms. The molecule has 2 atom stereocenters. The van der Waals surface area contributed by atoms with Crippen molar-refractivity contribution in [2.75, 3.05) is 26.7 Å². The number of nitrogens with one attached hydrogen (secondary N) is 1. The fraction of sp³-hybridized carbons (Fsp3) is 0.923. The van der Waals surface area contributed by atoms with Crippen LogP contribution in [-0.2, 0) is 9.53 Å². The van der Waals surface area contributed by atoms with Crippen LogP contribution in [0.5, 0.6) is 0 Å². The van der Waals surface area contributed by atoms with E-state index in [2.05, 4.69) is 17.1 Å². The Morgan fingerprint density at radius 1 is 1.53 bits per heavy atom. The van der Waals surface area contributed by atoms with Gasteiger partial charge < -0.3 is 15.0 Å². The molecule has 2 saturated heterocycles. The highest BCUT2D eigenvalue weighted by atomic mass is 16.5. The summed E-state index contributed by atoms with van der Waals surface area (Å²) in [5, 5.41) is 3.39. The fourth-order valence-electron chi connectivity index (χ4n) is 3.38. The number of ether oxygens (including phenoxy) is 1. The molecule has 2 heterocycles. The predicted octanol–water partition coefficient (Wildman–Crippen LogP) is 1.16. The molecule has 2 fully saturated rings. The summed E-state index contributed by atoms with van der Waals surface area (Å²) in [6.07, 6.45) is 5.39. The Balaban J connectivity index is 2.05. The zero-order valence-corrected chi connectivity index (χ0v) is 11.0. The topological polar surface area (TPSA) is 41.6 Å². The molecule has 1 N–H and O–H groups in total. The number of carbonyl (C=O) groups is 1. The van der Waals surface area contributed by atoms with Crippen molar-refractivity contribution < 1.29 is 9.53 Å². The van der Waals surface area contributed by atoms with Crippen LogP contribution in [-0.4, -0.2) is 49.2 Å². The first kappa shape index (κ1) is 12.8. The highest BCUT2D eigenvalue weighted by molar-refractivity contribution is 5.81. The van der Waals surface area contributed by atoms with Gasteiger partial charge in [0.15, 0.2) is 0 Å². The summed E-state index contributed by atoms with van der Waals surface area (Å²) in [6, 6.07) is 0.546. The average Bonchev–Trinajstić information content (AvgIpc) is 2.98. The molecule has 17 heavy (non-hydrogen) atoms. The molecule has 2 aliphatic rings. The van der Waals surface area contributed by atoms with Crippen LogP contribution in [0.2, 0.25) is 0 Å². The van der Waals surface area contributed by atoms with E-state index in [9.17, 15) is 4.79 Å². The van der Waals surface area contributed by atoms with E-state index in [1.54, 1.807) is 0 Å². The summed E-state index contributed by atoms with van der Waals surface area (Å²) < 4.78 is 5.00. The number of carbonyl (C=O) groups excluding carboxylic acids is 1. The van der Waals surface area contributed by atoms with Gasteiger partial charge in [-0.25, -0.2) is 0 Å². The zero-order chi connectivity index (χ0) is 12.3. The van der Waals surface area contributed by atoms with Crippen molar-refractivity contribution in [3.05, 3.63) is 0 Å². The Morgan fingerprint density at radius 3 is 2.94 bits per heavy atom. The van der Waals surface area contributed by atoms with Crippen molar-refractivity contribution >= 4 is 5.97 Å². The molecule has 0 saturated carbocycles. The second kappa shape index (κ2) is 5.36. The molecule has 0 aromatic heterocycles. The number of rotatable bonds is 4. The molecule has 2 aliphatic heterocycles. The summed E-state index contributed by atoms with van der Waals surface area (Å²) in [5.41, 5.74) is -0.406. The van der Waals surface area contributed by atoms with Crippen molar-refractivity contribution in [2.24, 2.45) is 0 Å². The molecule has 0 aromatic rings. The molecule has 0 aromatic carbocycles. The summed E-state index contributed by atoms with van der Waals surface area (Å²) >= 11 is 0. The second-order valence-electron chi connectivity index (χ2n) is 5.23. The minimum absolute atomic E-state index is 0.0713. The molecule has 0 amide bonds. The van der Waals surface area contributed by atoms with Crippen molar-refractivity contribution in [1.82, 2.24) is 10.2 Å². The molecule has 98 valence electrons. The SMILES string of the molecule is CCN1CCCC1CC1(C(=O)OC)CCCN1. The maximum Gasteiger partial charge on any atom is 0.326 e. The zero-order valence-electron chi connectivity index (χ0n) is 11.0. The Kier molecular flexibility index (Phi) is 4.05. The Hall–Kier alpha value is -0.610. The quantitative estimate of drug-likeness (QED) is 0.749. The molecular weight excluding hydrogens is 216 g/mol. The second-order valence-corrected chi connectivity index (χ2v) is 5.23. The van der Waals surface area contributed by atoms with Crippen LogP contribution in [0.25, 0.3) is 0 Å². The van der Waals surface area contributed by atoms with E-state index in [4.69, 9.17) is 4.74 Å². The van der Waals surface area contributed by atoms with Gasteiger partial charge in [-0.15, -0.1) is 0 Å². The third-order valence-corrected chi connectivity index (χ3v) is 4.31. The average molecular weight is 240 g/mol. The van der Waals surface area contributed by atoms with Gasteiger partial charge in [0.2, 0.25) is 0 Å². The summed E-state index contributed by atoms with van der Waals surface area (Å²) in [4.78, 5) is 14.5. The van der Waals surface area contributed by atoms with Gasteiger partial charge in [-0.1, -0.05) is 6.92 Å². The molecule has 0 spiro atoms. The minimum atomic E-state index is -0.406. The predicted molar refractivity (Wildman–Crippen MR) is 66.9 cm³/mol. The van der Waals surface area contributed by atoms with E-state index in [1.165, 1.54) is 26.5 Å². The fourth-order valence-corrected chi connectivity index (χ4v) is 3.38. The maximum atomic E-state index is 12.0. The third-order valence-electron chi connectivity index (χ3n) is 4.31. The third kappa shape index (κ3) is 2.47. The van der Waals surface area contributed by atoms with Crippen molar-refractivity contribution in [2.45, 2.75) is 50.6 Å². The van der Waals surface area contributed by atoms with E-state index < -0.39 is 5.54 Å². The van der Waals surface area contributed by atoms with Gasteiger partial charge in [-0.05, 0) is 51.7 Å². The first-order chi connectivity index (χ1) is 8.22. The molecular formula is C13H24N2O2. The van der Waals surface area contributed by atoms with E-state index in [1.807, 2.05) is 0 Å². The first-order valence-corrected chi connectivity index (χ1v) is 6.79. The minimum Gasteiger partial charge on any atom is -0.468 e. The summed E-state index contributed by atoms with van der Waals surface area (Å²) in [7, 11) is 1.50. The van der Waals surface area contributed by atoms with Crippen LogP contribution in [0.3, 0.4) is 0 Å². The Bertz CT molecular complexity index is 275. The molecule has 2 unspecified atom stereocenters. The first-order valence-electron chi connectivity index (χ1n) is 6.79. The largest absolute Gasteiger partial charge is 0.468 e. The number of esters is 1. The van der Waals surface area contributed by atoms with E-state index >= 15 is 0 Å². The highest BCUT2D eigenvalue weighted by Crippen LogP contribution is 2.31.